The molecular formula is C71H132O6. The maximum atomic E-state index is 12.9. The molecule has 0 saturated heterocycles. The van der Waals surface area contributed by atoms with Gasteiger partial charge in [-0.05, 0) is 57.8 Å². The summed E-state index contributed by atoms with van der Waals surface area (Å²) in [6.45, 7) is 6.69. The van der Waals surface area contributed by atoms with Crippen LogP contribution in [-0.4, -0.2) is 37.2 Å². The first-order valence-electron chi connectivity index (χ1n) is 34.5. The van der Waals surface area contributed by atoms with Crippen LogP contribution in [0.2, 0.25) is 0 Å². The molecular weight excluding hydrogens is 949 g/mol. The number of allylic oxidation sites excluding steroid dienone is 6. The van der Waals surface area contributed by atoms with E-state index in [9.17, 15) is 14.4 Å². The monoisotopic (exact) mass is 1080 g/mol. The summed E-state index contributed by atoms with van der Waals surface area (Å²) in [4.78, 5) is 38.4. The third-order valence-electron chi connectivity index (χ3n) is 15.6. The van der Waals surface area contributed by atoms with Crippen LogP contribution in [0.3, 0.4) is 0 Å². The van der Waals surface area contributed by atoms with E-state index in [1.807, 2.05) is 0 Å². The predicted molar refractivity (Wildman–Crippen MR) is 335 cm³/mol. The summed E-state index contributed by atoms with van der Waals surface area (Å²) in [5.41, 5.74) is 0. The van der Waals surface area contributed by atoms with Gasteiger partial charge in [-0.3, -0.25) is 14.4 Å². The highest BCUT2D eigenvalue weighted by molar-refractivity contribution is 5.71. The second-order valence-electron chi connectivity index (χ2n) is 23.5. The summed E-state index contributed by atoms with van der Waals surface area (Å²) < 4.78 is 17.0. The molecule has 0 amide bonds. The highest BCUT2D eigenvalue weighted by atomic mass is 16.6. The minimum Gasteiger partial charge on any atom is -0.462 e. The van der Waals surface area contributed by atoms with Crippen LogP contribution in [0.4, 0.5) is 0 Å². The van der Waals surface area contributed by atoms with Gasteiger partial charge in [-0.25, -0.2) is 0 Å². The number of hydrogen-bond donors (Lipinski definition) is 0. The predicted octanol–water partition coefficient (Wildman–Crippen LogP) is 23.6. The Bertz CT molecular complexity index is 1290. The molecule has 0 rings (SSSR count). The molecule has 0 aromatic rings. The molecule has 1 atom stereocenters. The minimum atomic E-state index is -0.777. The Hall–Kier alpha value is -2.37. The molecule has 0 N–H and O–H groups in total. The Labute approximate surface area is 480 Å². The first kappa shape index (κ1) is 74.6. The SMILES string of the molecule is CCCCCCC/C=C\C/C=C\C/C=C\CCCCCCCCC(=O)OC(COC(=O)CCCCCCCCCCCCCCCCC)COC(=O)CCCCCCCCCCCCCCCCCCCCCCCCC. The number of rotatable bonds is 64. The smallest absolute Gasteiger partial charge is 0.306 e. The standard InChI is InChI=1S/C71H132O6/c1-4-7-10-13-16-19-22-25-28-30-32-34-35-37-38-40-43-46-49-52-55-58-61-64-70(73)76-67-68(66-75-69(72)63-60-57-54-51-48-45-42-27-24-21-18-15-12-9-6-3)77-71(74)65-62-59-56-53-50-47-44-41-39-36-33-31-29-26-23-20-17-14-11-8-5-2/h23,26,31,33,39,41,68H,4-22,24-25,27-30,32,34-38,40,42-67H2,1-3H3/b26-23-,33-31-,41-39-. The molecule has 1 unspecified atom stereocenters. The van der Waals surface area contributed by atoms with Crippen molar-refractivity contribution in [1.29, 1.82) is 0 Å². The Morgan fingerprint density at radius 2 is 0.468 bits per heavy atom. The van der Waals surface area contributed by atoms with Crippen molar-refractivity contribution in [2.45, 2.75) is 386 Å². The number of carbonyl (C=O) groups is 3. The minimum absolute atomic E-state index is 0.0719. The van der Waals surface area contributed by atoms with Crippen LogP contribution < -0.4 is 0 Å². The molecule has 452 valence electrons. The number of unbranched alkanes of at least 4 members (excludes halogenated alkanes) is 47. The van der Waals surface area contributed by atoms with E-state index in [0.29, 0.717) is 19.3 Å². The van der Waals surface area contributed by atoms with Crippen LogP contribution in [0, 0.1) is 0 Å². The van der Waals surface area contributed by atoms with Crippen LogP contribution in [0.15, 0.2) is 36.5 Å². The van der Waals surface area contributed by atoms with Crippen molar-refractivity contribution in [3.8, 4) is 0 Å². The van der Waals surface area contributed by atoms with Gasteiger partial charge in [0.1, 0.15) is 13.2 Å². The molecule has 6 heteroatoms. The second-order valence-corrected chi connectivity index (χ2v) is 23.5. The molecule has 0 heterocycles. The molecule has 0 aliphatic heterocycles. The molecule has 0 aliphatic carbocycles. The average Bonchev–Trinajstić information content (AvgIpc) is 3.43. The summed E-state index contributed by atoms with van der Waals surface area (Å²) in [5.74, 6) is -0.855. The summed E-state index contributed by atoms with van der Waals surface area (Å²) in [7, 11) is 0. The van der Waals surface area contributed by atoms with Crippen molar-refractivity contribution in [3.63, 3.8) is 0 Å². The van der Waals surface area contributed by atoms with Gasteiger partial charge in [0.2, 0.25) is 0 Å². The zero-order valence-electron chi connectivity index (χ0n) is 52.0. The van der Waals surface area contributed by atoms with Crippen molar-refractivity contribution < 1.29 is 28.6 Å². The normalized spacial score (nSPS) is 12.2. The lowest BCUT2D eigenvalue weighted by Crippen LogP contribution is -2.30. The Balaban J connectivity index is 4.31. The molecule has 0 aromatic carbocycles. The lowest BCUT2D eigenvalue weighted by molar-refractivity contribution is -0.167. The van der Waals surface area contributed by atoms with E-state index in [-0.39, 0.29) is 31.1 Å². The molecule has 0 aromatic heterocycles. The van der Waals surface area contributed by atoms with Gasteiger partial charge < -0.3 is 14.2 Å². The van der Waals surface area contributed by atoms with E-state index in [0.717, 1.165) is 77.0 Å². The molecule has 0 saturated carbocycles. The van der Waals surface area contributed by atoms with Crippen molar-refractivity contribution in [2.24, 2.45) is 0 Å². The van der Waals surface area contributed by atoms with Crippen LogP contribution in [0.1, 0.15) is 380 Å². The third kappa shape index (κ3) is 64.3. The van der Waals surface area contributed by atoms with Gasteiger partial charge in [-0.15, -0.1) is 0 Å². The molecule has 0 spiro atoms. The lowest BCUT2D eigenvalue weighted by atomic mass is 10.0. The van der Waals surface area contributed by atoms with Gasteiger partial charge in [-0.2, -0.15) is 0 Å². The number of carbonyl (C=O) groups excluding carboxylic acids is 3. The van der Waals surface area contributed by atoms with E-state index in [1.165, 1.54) is 263 Å². The Kier molecular flexibility index (Phi) is 64.1. The molecule has 0 fully saturated rings. The van der Waals surface area contributed by atoms with Crippen LogP contribution in [0.25, 0.3) is 0 Å². The van der Waals surface area contributed by atoms with Crippen LogP contribution >= 0.6 is 0 Å². The fourth-order valence-corrected chi connectivity index (χ4v) is 10.5. The lowest BCUT2D eigenvalue weighted by Gasteiger charge is -2.18. The fourth-order valence-electron chi connectivity index (χ4n) is 10.5. The van der Waals surface area contributed by atoms with E-state index in [1.54, 1.807) is 0 Å². The van der Waals surface area contributed by atoms with Crippen molar-refractivity contribution in [3.05, 3.63) is 36.5 Å². The maximum Gasteiger partial charge on any atom is 0.306 e. The number of hydrogen-bond acceptors (Lipinski definition) is 6. The van der Waals surface area contributed by atoms with E-state index in [4.69, 9.17) is 14.2 Å². The molecule has 0 radical (unpaired) electrons. The molecule has 0 bridgehead atoms. The van der Waals surface area contributed by atoms with Gasteiger partial charge in [0.25, 0.3) is 0 Å². The largest absolute Gasteiger partial charge is 0.462 e. The quantitative estimate of drug-likeness (QED) is 0.0261. The van der Waals surface area contributed by atoms with Gasteiger partial charge >= 0.3 is 17.9 Å². The van der Waals surface area contributed by atoms with Crippen molar-refractivity contribution in [2.75, 3.05) is 13.2 Å². The third-order valence-corrected chi connectivity index (χ3v) is 15.6. The zero-order valence-corrected chi connectivity index (χ0v) is 52.0. The fraction of sp³-hybridized carbons (Fsp3) is 0.873. The topological polar surface area (TPSA) is 78.9 Å². The summed E-state index contributed by atoms with van der Waals surface area (Å²) >= 11 is 0. The highest BCUT2D eigenvalue weighted by Gasteiger charge is 2.19. The van der Waals surface area contributed by atoms with E-state index < -0.39 is 6.10 Å². The average molecular weight is 1080 g/mol. The highest BCUT2D eigenvalue weighted by Crippen LogP contribution is 2.18. The summed E-state index contributed by atoms with van der Waals surface area (Å²) in [6.07, 6.45) is 81.6. The van der Waals surface area contributed by atoms with Crippen LogP contribution in [0.5, 0.6) is 0 Å². The Morgan fingerprint density at radius 3 is 0.727 bits per heavy atom. The molecule has 6 nitrogen and oxygen atoms in total. The van der Waals surface area contributed by atoms with Gasteiger partial charge in [0, 0.05) is 19.3 Å². The zero-order chi connectivity index (χ0) is 55.7. The van der Waals surface area contributed by atoms with Crippen molar-refractivity contribution >= 4 is 17.9 Å². The van der Waals surface area contributed by atoms with Gasteiger partial charge in [0.15, 0.2) is 6.10 Å². The van der Waals surface area contributed by atoms with Crippen LogP contribution in [-0.2, 0) is 28.6 Å². The second kappa shape index (κ2) is 66.1. The molecule has 0 aliphatic rings. The van der Waals surface area contributed by atoms with E-state index in [2.05, 4.69) is 57.2 Å². The van der Waals surface area contributed by atoms with E-state index >= 15 is 0 Å². The number of ether oxygens (including phenoxy) is 3. The maximum absolute atomic E-state index is 12.9. The van der Waals surface area contributed by atoms with Gasteiger partial charge in [0.05, 0.1) is 0 Å². The van der Waals surface area contributed by atoms with Gasteiger partial charge in [-0.1, -0.05) is 340 Å². The number of esters is 3. The summed E-state index contributed by atoms with van der Waals surface area (Å²) in [5, 5.41) is 0. The van der Waals surface area contributed by atoms with Crippen molar-refractivity contribution in [1.82, 2.24) is 0 Å². The molecule has 77 heavy (non-hydrogen) atoms. The summed E-state index contributed by atoms with van der Waals surface area (Å²) in [6, 6.07) is 0. The first-order valence-corrected chi connectivity index (χ1v) is 34.5. The Morgan fingerprint density at radius 1 is 0.260 bits per heavy atom. The first-order chi connectivity index (χ1) is 38.0.